The highest BCUT2D eigenvalue weighted by Gasteiger charge is 2.49. The van der Waals surface area contributed by atoms with Crippen LogP contribution in [0.2, 0.25) is 0 Å². The predicted molar refractivity (Wildman–Crippen MR) is 149 cm³/mol. The molecule has 38 heavy (non-hydrogen) atoms. The van der Waals surface area contributed by atoms with Gasteiger partial charge in [-0.2, -0.15) is 0 Å². The van der Waals surface area contributed by atoms with Gasteiger partial charge in [0.1, 0.15) is 5.76 Å². The monoisotopic (exact) mass is 526 g/mol. The summed E-state index contributed by atoms with van der Waals surface area (Å²) in [4.78, 5) is 2.70. The molecule has 0 bridgehead atoms. The number of ether oxygens (including phenoxy) is 5. The fourth-order valence-corrected chi connectivity index (χ4v) is 7.57. The molecule has 7 nitrogen and oxygen atoms in total. The lowest BCUT2D eigenvalue weighted by Crippen LogP contribution is -2.61. The molecule has 0 radical (unpaired) electrons. The Kier molecular flexibility index (Phi) is 8.56. The normalized spacial score (nSPS) is 31.1. The molecule has 0 saturated carbocycles. The summed E-state index contributed by atoms with van der Waals surface area (Å²) in [6.45, 7) is 8.41. The molecule has 2 saturated heterocycles. The molecular weight excluding hydrogens is 480 g/mol. The highest BCUT2D eigenvalue weighted by molar-refractivity contribution is 5.49. The number of rotatable bonds is 9. The van der Waals surface area contributed by atoms with E-state index in [9.17, 15) is 0 Å². The molecule has 2 fully saturated rings. The Balaban J connectivity index is 1.50. The van der Waals surface area contributed by atoms with Gasteiger partial charge in [0.05, 0.1) is 40.6 Å². The molecule has 4 aliphatic rings. The summed E-state index contributed by atoms with van der Waals surface area (Å²) in [7, 11) is 6.94. The third-order valence-electron chi connectivity index (χ3n) is 9.45. The number of piperidine rings is 2. The van der Waals surface area contributed by atoms with Crippen molar-refractivity contribution < 1.29 is 23.7 Å². The predicted octanol–water partition coefficient (Wildman–Crippen LogP) is 4.87. The standard InChI is InChI=1S/C31H46N2O5/c1-7-19-18-33-12-10-21-14-27(35-4)29(37-6)17-23(21)30(33)31(38-8-2)24(19)15-25-22-16-28(36-5)26(34-3)13-20(22)9-11-32-25/h13,16-17,19,21,24-25,30-32H,7-12,14-15,18H2,1-6H3/t19-,21?,24+,25+,30+,31?/m0/s1. The Labute approximate surface area is 228 Å². The lowest BCUT2D eigenvalue weighted by Gasteiger charge is -2.55. The zero-order valence-electron chi connectivity index (χ0n) is 24.0. The second kappa shape index (κ2) is 11.9. The first-order valence-electron chi connectivity index (χ1n) is 14.4. The van der Waals surface area contributed by atoms with Crippen molar-refractivity contribution in [2.75, 3.05) is 54.7 Å². The van der Waals surface area contributed by atoms with Crippen LogP contribution in [0.1, 0.15) is 56.7 Å². The molecule has 7 heteroatoms. The van der Waals surface area contributed by atoms with Crippen LogP contribution in [0, 0.1) is 17.8 Å². The summed E-state index contributed by atoms with van der Waals surface area (Å²) in [5, 5.41) is 3.85. The molecule has 210 valence electrons. The van der Waals surface area contributed by atoms with Gasteiger partial charge in [0.15, 0.2) is 17.3 Å². The van der Waals surface area contributed by atoms with E-state index in [1.54, 1.807) is 28.4 Å². The fraction of sp³-hybridized carbons (Fsp3) is 0.677. The van der Waals surface area contributed by atoms with E-state index in [0.29, 0.717) is 17.8 Å². The van der Waals surface area contributed by atoms with E-state index >= 15 is 0 Å². The van der Waals surface area contributed by atoms with Gasteiger partial charge in [0.25, 0.3) is 0 Å². The minimum Gasteiger partial charge on any atom is -0.497 e. The van der Waals surface area contributed by atoms with E-state index in [4.69, 9.17) is 23.7 Å². The molecule has 1 N–H and O–H groups in total. The minimum absolute atomic E-state index is 0.141. The summed E-state index contributed by atoms with van der Waals surface area (Å²) < 4.78 is 29.5. The second-order valence-corrected chi connectivity index (χ2v) is 11.1. The first-order chi connectivity index (χ1) is 18.6. The van der Waals surface area contributed by atoms with Crippen molar-refractivity contribution in [2.24, 2.45) is 17.8 Å². The highest BCUT2D eigenvalue weighted by Crippen LogP contribution is 2.48. The Hall–Kier alpha value is -2.22. The van der Waals surface area contributed by atoms with Crippen molar-refractivity contribution in [3.05, 3.63) is 46.4 Å². The molecule has 0 aromatic heterocycles. The van der Waals surface area contributed by atoms with Crippen molar-refractivity contribution >= 4 is 0 Å². The number of fused-ring (bicyclic) bond motifs is 4. The van der Waals surface area contributed by atoms with Crippen LogP contribution in [0.4, 0.5) is 0 Å². The van der Waals surface area contributed by atoms with E-state index in [-0.39, 0.29) is 18.2 Å². The molecule has 1 aromatic rings. The van der Waals surface area contributed by atoms with Crippen molar-refractivity contribution in [3.8, 4) is 11.5 Å². The number of benzene rings is 1. The SMILES string of the molecule is CCOC1[C@H]2C3=CC(OC)=C(OC)CC3CCN2C[C@H](CC)[C@H]1C[C@H]1NCCc2cc(OC)c(OC)cc21. The average Bonchev–Trinajstić information content (AvgIpc) is 2.96. The van der Waals surface area contributed by atoms with Gasteiger partial charge in [0.2, 0.25) is 0 Å². The van der Waals surface area contributed by atoms with E-state index < -0.39 is 0 Å². The van der Waals surface area contributed by atoms with Crippen LogP contribution in [0.5, 0.6) is 11.5 Å². The average molecular weight is 527 g/mol. The zero-order chi connectivity index (χ0) is 26.8. The third-order valence-corrected chi connectivity index (χ3v) is 9.45. The molecule has 1 aliphatic carbocycles. The van der Waals surface area contributed by atoms with E-state index in [2.05, 4.69) is 42.3 Å². The van der Waals surface area contributed by atoms with Gasteiger partial charge in [0, 0.05) is 25.6 Å². The molecule has 0 spiro atoms. The Morgan fingerprint density at radius 1 is 1.00 bits per heavy atom. The number of methoxy groups -OCH3 is 4. The number of nitrogens with one attached hydrogen (secondary N) is 1. The van der Waals surface area contributed by atoms with E-state index in [1.165, 1.54) is 16.7 Å². The van der Waals surface area contributed by atoms with Crippen molar-refractivity contribution in [1.82, 2.24) is 10.2 Å². The fourth-order valence-electron chi connectivity index (χ4n) is 7.57. The van der Waals surface area contributed by atoms with E-state index in [0.717, 1.165) is 81.4 Å². The number of hydrogen-bond acceptors (Lipinski definition) is 7. The molecular formula is C31H46N2O5. The van der Waals surface area contributed by atoms with Crippen LogP contribution in [0.25, 0.3) is 0 Å². The summed E-state index contributed by atoms with van der Waals surface area (Å²) >= 11 is 0. The van der Waals surface area contributed by atoms with Crippen LogP contribution >= 0.6 is 0 Å². The van der Waals surface area contributed by atoms with Gasteiger partial charge in [-0.15, -0.1) is 0 Å². The van der Waals surface area contributed by atoms with E-state index in [1.807, 2.05) is 0 Å². The maximum Gasteiger partial charge on any atom is 0.161 e. The van der Waals surface area contributed by atoms with Crippen LogP contribution < -0.4 is 14.8 Å². The first-order valence-corrected chi connectivity index (χ1v) is 14.4. The van der Waals surface area contributed by atoms with Gasteiger partial charge in [-0.05, 0) is 91.9 Å². The molecule has 1 aromatic carbocycles. The van der Waals surface area contributed by atoms with Crippen LogP contribution in [0.3, 0.4) is 0 Å². The van der Waals surface area contributed by atoms with Gasteiger partial charge in [-0.3, -0.25) is 4.90 Å². The summed E-state index contributed by atoms with van der Waals surface area (Å²) in [6.07, 6.45) is 7.68. The summed E-state index contributed by atoms with van der Waals surface area (Å²) in [6, 6.07) is 4.91. The third kappa shape index (κ3) is 4.93. The largest absolute Gasteiger partial charge is 0.497 e. The Morgan fingerprint density at radius 3 is 2.47 bits per heavy atom. The lowest BCUT2D eigenvalue weighted by atomic mass is 9.67. The summed E-state index contributed by atoms with van der Waals surface area (Å²) in [5.41, 5.74) is 4.17. The van der Waals surface area contributed by atoms with Gasteiger partial charge in [-0.25, -0.2) is 0 Å². The van der Waals surface area contributed by atoms with Gasteiger partial charge < -0.3 is 29.0 Å². The minimum atomic E-state index is 0.141. The van der Waals surface area contributed by atoms with Crippen molar-refractivity contribution in [3.63, 3.8) is 0 Å². The zero-order valence-corrected chi connectivity index (χ0v) is 24.0. The maximum atomic E-state index is 6.74. The molecule has 3 aliphatic heterocycles. The van der Waals surface area contributed by atoms with Crippen LogP contribution in [-0.2, 0) is 20.6 Å². The van der Waals surface area contributed by atoms with Crippen molar-refractivity contribution in [1.29, 1.82) is 0 Å². The Bertz CT molecular complexity index is 1050. The second-order valence-electron chi connectivity index (χ2n) is 11.1. The molecule has 2 unspecified atom stereocenters. The van der Waals surface area contributed by atoms with Gasteiger partial charge >= 0.3 is 0 Å². The quantitative estimate of drug-likeness (QED) is 0.493. The smallest absolute Gasteiger partial charge is 0.161 e. The number of hydrogen-bond donors (Lipinski definition) is 1. The van der Waals surface area contributed by atoms with Crippen molar-refractivity contribution in [2.45, 2.75) is 64.1 Å². The number of allylic oxidation sites excluding steroid dienone is 2. The molecule has 6 atom stereocenters. The lowest BCUT2D eigenvalue weighted by molar-refractivity contribution is -0.102. The summed E-state index contributed by atoms with van der Waals surface area (Å²) in [5.74, 6) is 4.96. The highest BCUT2D eigenvalue weighted by atomic mass is 16.5. The molecule has 5 rings (SSSR count). The Morgan fingerprint density at radius 2 is 1.79 bits per heavy atom. The first kappa shape index (κ1) is 27.4. The molecule has 3 heterocycles. The maximum absolute atomic E-state index is 6.74. The topological polar surface area (TPSA) is 61.4 Å². The van der Waals surface area contributed by atoms with Gasteiger partial charge in [-0.1, -0.05) is 13.3 Å². The van der Waals surface area contributed by atoms with Crippen LogP contribution in [0.15, 0.2) is 35.3 Å². The number of nitrogens with zero attached hydrogens (tertiary/aromatic N) is 1. The van der Waals surface area contributed by atoms with Crippen LogP contribution in [-0.4, -0.2) is 71.7 Å². The molecule has 0 amide bonds.